The van der Waals surface area contributed by atoms with Crippen molar-refractivity contribution in [3.05, 3.63) is 53.1 Å². The number of halogens is 3. The van der Waals surface area contributed by atoms with Crippen LogP contribution in [0.2, 0.25) is 0 Å². The molecule has 1 N–H and O–H groups in total. The van der Waals surface area contributed by atoms with E-state index in [1.807, 2.05) is 32.0 Å². The van der Waals surface area contributed by atoms with Gasteiger partial charge in [0.2, 0.25) is 5.91 Å². The number of aryl methyl sites for hydroxylation is 2. The molecule has 1 fully saturated rings. The minimum absolute atomic E-state index is 0.0424. The Hall–Kier alpha value is -2.94. The van der Waals surface area contributed by atoms with Crippen LogP contribution in [0.1, 0.15) is 35.6 Å². The molecule has 0 saturated carbocycles. The van der Waals surface area contributed by atoms with E-state index in [1.54, 1.807) is 4.68 Å². The summed E-state index contributed by atoms with van der Waals surface area (Å²) in [5, 5.41) is 11.0. The van der Waals surface area contributed by atoms with Crippen LogP contribution < -0.4 is 5.32 Å². The summed E-state index contributed by atoms with van der Waals surface area (Å²) < 4.78 is 40.4. The Morgan fingerprint density at radius 1 is 1.10 bits per heavy atom. The Kier molecular flexibility index (Phi) is 5.70. The van der Waals surface area contributed by atoms with Gasteiger partial charge in [-0.1, -0.05) is 11.3 Å². The highest BCUT2D eigenvalue weighted by molar-refractivity contribution is 5.92. The standard InChI is InChI=1S/C22H24F3N5O/c1-14-3-5-17(11-15(14)2)26-21(31)13-29-9-7-18(8-10-29)30-20-6-4-16(22(23,24)25)12-19(20)27-28-30/h3-6,11-12,18H,7-10,13H2,1-2H3,(H,26,31). The molecule has 0 bridgehead atoms. The van der Waals surface area contributed by atoms with E-state index in [-0.39, 0.29) is 17.5 Å². The normalized spacial score (nSPS) is 16.0. The summed E-state index contributed by atoms with van der Waals surface area (Å²) in [4.78, 5) is 14.5. The molecule has 0 unspecified atom stereocenters. The van der Waals surface area contributed by atoms with Gasteiger partial charge in [-0.25, -0.2) is 4.68 Å². The molecule has 2 heterocycles. The van der Waals surface area contributed by atoms with Crippen LogP contribution in [0.3, 0.4) is 0 Å². The summed E-state index contributed by atoms with van der Waals surface area (Å²) in [5.74, 6) is -0.0624. The number of alkyl halides is 3. The van der Waals surface area contributed by atoms with Gasteiger partial charge < -0.3 is 5.32 Å². The Labute approximate surface area is 178 Å². The highest BCUT2D eigenvalue weighted by atomic mass is 19.4. The number of likely N-dealkylation sites (tertiary alicyclic amines) is 1. The Bertz CT molecular complexity index is 1100. The van der Waals surface area contributed by atoms with Gasteiger partial charge in [-0.15, -0.1) is 5.10 Å². The lowest BCUT2D eigenvalue weighted by molar-refractivity contribution is -0.137. The molecule has 0 atom stereocenters. The summed E-state index contributed by atoms with van der Waals surface area (Å²) in [6.45, 7) is 5.74. The summed E-state index contributed by atoms with van der Waals surface area (Å²) in [6.07, 6.45) is -2.91. The maximum Gasteiger partial charge on any atom is 0.416 e. The van der Waals surface area contributed by atoms with E-state index < -0.39 is 11.7 Å². The number of aromatic nitrogens is 3. The average Bonchev–Trinajstić information content (AvgIpc) is 3.14. The van der Waals surface area contributed by atoms with Crippen molar-refractivity contribution >= 4 is 22.6 Å². The first-order chi connectivity index (χ1) is 14.7. The number of fused-ring (bicyclic) bond motifs is 1. The van der Waals surface area contributed by atoms with Crippen LogP contribution in [0.25, 0.3) is 11.0 Å². The van der Waals surface area contributed by atoms with E-state index in [0.717, 1.165) is 36.2 Å². The third kappa shape index (κ3) is 4.71. The fourth-order valence-corrected chi connectivity index (χ4v) is 3.93. The number of carbonyl (C=O) groups is 1. The van der Waals surface area contributed by atoms with Crippen LogP contribution in [-0.4, -0.2) is 45.4 Å². The summed E-state index contributed by atoms with van der Waals surface area (Å²) >= 11 is 0. The van der Waals surface area contributed by atoms with E-state index in [2.05, 4.69) is 20.5 Å². The molecule has 1 amide bonds. The molecule has 6 nitrogen and oxygen atoms in total. The molecule has 164 valence electrons. The third-order valence-corrected chi connectivity index (χ3v) is 5.86. The first kappa shape index (κ1) is 21.3. The predicted molar refractivity (Wildman–Crippen MR) is 112 cm³/mol. The van der Waals surface area contributed by atoms with E-state index >= 15 is 0 Å². The molecular formula is C22H24F3N5O. The number of rotatable bonds is 4. The zero-order chi connectivity index (χ0) is 22.2. The van der Waals surface area contributed by atoms with Gasteiger partial charge in [-0.2, -0.15) is 13.2 Å². The third-order valence-electron chi connectivity index (χ3n) is 5.86. The number of nitrogens with one attached hydrogen (secondary N) is 1. The maximum atomic E-state index is 12.9. The highest BCUT2D eigenvalue weighted by Gasteiger charge is 2.31. The SMILES string of the molecule is Cc1ccc(NC(=O)CN2CCC(n3nnc4cc(C(F)(F)F)ccc43)CC2)cc1C. The van der Waals surface area contributed by atoms with Crippen molar-refractivity contribution in [1.82, 2.24) is 19.9 Å². The van der Waals surface area contributed by atoms with Gasteiger partial charge in [-0.3, -0.25) is 9.69 Å². The quantitative estimate of drug-likeness (QED) is 0.668. The number of nitrogens with zero attached hydrogens (tertiary/aromatic N) is 4. The molecule has 0 aliphatic carbocycles. The number of hydrogen-bond donors (Lipinski definition) is 1. The van der Waals surface area contributed by atoms with E-state index in [0.29, 0.717) is 25.2 Å². The van der Waals surface area contributed by atoms with Crippen LogP contribution in [0, 0.1) is 13.8 Å². The number of amides is 1. The molecule has 4 rings (SSSR count). The van der Waals surface area contributed by atoms with Gasteiger partial charge in [0, 0.05) is 18.8 Å². The van der Waals surface area contributed by atoms with Crippen molar-refractivity contribution in [2.45, 2.75) is 38.9 Å². The topological polar surface area (TPSA) is 63.1 Å². The lowest BCUT2D eigenvalue weighted by atomic mass is 10.0. The van der Waals surface area contributed by atoms with E-state index in [4.69, 9.17) is 0 Å². The van der Waals surface area contributed by atoms with Crippen molar-refractivity contribution in [3.8, 4) is 0 Å². The zero-order valence-electron chi connectivity index (χ0n) is 17.4. The Morgan fingerprint density at radius 3 is 2.52 bits per heavy atom. The lowest BCUT2D eigenvalue weighted by Gasteiger charge is -2.31. The van der Waals surface area contributed by atoms with Crippen LogP contribution in [0.15, 0.2) is 36.4 Å². The van der Waals surface area contributed by atoms with Crippen molar-refractivity contribution in [2.75, 3.05) is 25.0 Å². The highest BCUT2D eigenvalue weighted by Crippen LogP contribution is 2.32. The fraction of sp³-hybridized carbons (Fsp3) is 0.409. The number of hydrogen-bond acceptors (Lipinski definition) is 4. The van der Waals surface area contributed by atoms with Gasteiger partial charge in [0.25, 0.3) is 0 Å². The average molecular weight is 431 g/mol. The van der Waals surface area contributed by atoms with Gasteiger partial charge >= 0.3 is 6.18 Å². The maximum absolute atomic E-state index is 12.9. The van der Waals surface area contributed by atoms with Gasteiger partial charge in [0.15, 0.2) is 0 Å². The zero-order valence-corrected chi connectivity index (χ0v) is 17.4. The molecule has 2 aromatic carbocycles. The van der Waals surface area contributed by atoms with Crippen LogP contribution >= 0.6 is 0 Å². The first-order valence-corrected chi connectivity index (χ1v) is 10.2. The van der Waals surface area contributed by atoms with Crippen molar-refractivity contribution < 1.29 is 18.0 Å². The molecule has 0 spiro atoms. The minimum atomic E-state index is -4.40. The van der Waals surface area contributed by atoms with Crippen LogP contribution in [0.4, 0.5) is 18.9 Å². The van der Waals surface area contributed by atoms with Gasteiger partial charge in [-0.05, 0) is 68.1 Å². The molecular weight excluding hydrogens is 407 g/mol. The van der Waals surface area contributed by atoms with Crippen LogP contribution in [-0.2, 0) is 11.0 Å². The molecule has 0 radical (unpaired) electrons. The lowest BCUT2D eigenvalue weighted by Crippen LogP contribution is -2.39. The molecule has 9 heteroatoms. The summed E-state index contributed by atoms with van der Waals surface area (Å²) in [7, 11) is 0. The van der Waals surface area contributed by atoms with Crippen molar-refractivity contribution in [2.24, 2.45) is 0 Å². The first-order valence-electron chi connectivity index (χ1n) is 10.2. The molecule has 1 aromatic heterocycles. The molecule has 1 aliphatic rings. The summed E-state index contributed by atoms with van der Waals surface area (Å²) in [5.41, 5.74) is 3.20. The van der Waals surface area contributed by atoms with Gasteiger partial charge in [0.1, 0.15) is 5.52 Å². The second-order valence-corrected chi connectivity index (χ2v) is 8.09. The Balaban J connectivity index is 1.35. The van der Waals surface area contributed by atoms with Crippen molar-refractivity contribution in [3.63, 3.8) is 0 Å². The molecule has 3 aromatic rings. The monoisotopic (exact) mass is 431 g/mol. The number of benzene rings is 2. The minimum Gasteiger partial charge on any atom is -0.325 e. The smallest absolute Gasteiger partial charge is 0.325 e. The number of carbonyl (C=O) groups excluding carboxylic acids is 1. The van der Waals surface area contributed by atoms with Gasteiger partial charge in [0.05, 0.1) is 23.7 Å². The molecule has 1 aliphatic heterocycles. The second-order valence-electron chi connectivity index (χ2n) is 8.09. The number of piperidine rings is 1. The fourth-order valence-electron chi connectivity index (χ4n) is 3.93. The number of anilines is 1. The predicted octanol–water partition coefficient (Wildman–Crippen LogP) is 4.34. The van der Waals surface area contributed by atoms with E-state index in [1.165, 1.54) is 11.6 Å². The summed E-state index contributed by atoms with van der Waals surface area (Å²) in [6, 6.07) is 9.41. The molecule has 31 heavy (non-hydrogen) atoms. The molecule has 1 saturated heterocycles. The van der Waals surface area contributed by atoms with Crippen molar-refractivity contribution in [1.29, 1.82) is 0 Å². The Morgan fingerprint density at radius 2 is 1.84 bits per heavy atom. The second kappa shape index (κ2) is 8.30. The largest absolute Gasteiger partial charge is 0.416 e. The van der Waals surface area contributed by atoms with Crippen LogP contribution in [0.5, 0.6) is 0 Å². The van der Waals surface area contributed by atoms with E-state index in [9.17, 15) is 18.0 Å².